The number of quaternary nitrogens is 1. The molecule has 3 fully saturated rings. The molecule has 2 aliphatic heterocycles. The molecule has 29 heavy (non-hydrogen) atoms. The third-order valence-electron chi connectivity index (χ3n) is 6.51. The van der Waals surface area contributed by atoms with Gasteiger partial charge in [0, 0.05) is 24.8 Å². The molecule has 5 rings (SSSR count). The average molecular weight is 414 g/mol. The highest BCUT2D eigenvalue weighted by atomic mass is 32.1. The van der Waals surface area contributed by atoms with Gasteiger partial charge in [-0.3, -0.25) is 14.5 Å². The molecule has 3 heterocycles. The topological polar surface area (TPSA) is 75.0 Å². The number of benzene rings is 1. The number of para-hydroxylation sites is 1. The number of thiazole rings is 1. The molecule has 4 amide bonds. The average Bonchev–Trinajstić information content (AvgIpc) is 3.45. The summed E-state index contributed by atoms with van der Waals surface area (Å²) in [5.41, 5.74) is 1.06. The van der Waals surface area contributed by atoms with Crippen LogP contribution >= 0.6 is 11.3 Å². The minimum Gasteiger partial charge on any atom is -0.317 e. The van der Waals surface area contributed by atoms with Gasteiger partial charge in [0.1, 0.15) is 0 Å². The highest BCUT2D eigenvalue weighted by Crippen LogP contribution is 2.32. The number of hydrogen-bond donors (Lipinski definition) is 1. The van der Waals surface area contributed by atoms with E-state index in [1.54, 1.807) is 11.3 Å². The molecule has 8 heteroatoms. The number of piperidine rings is 1. The minimum absolute atomic E-state index is 0.0938. The molecule has 3 aliphatic rings. The quantitative estimate of drug-likeness (QED) is 0.612. The van der Waals surface area contributed by atoms with E-state index in [4.69, 9.17) is 4.98 Å². The summed E-state index contributed by atoms with van der Waals surface area (Å²) < 4.78 is 1.22. The molecule has 0 bridgehead atoms. The van der Waals surface area contributed by atoms with Gasteiger partial charge >= 0.3 is 17.8 Å². The summed E-state index contributed by atoms with van der Waals surface area (Å²) in [6.45, 7) is 2.03. The van der Waals surface area contributed by atoms with Gasteiger partial charge in [0.25, 0.3) is 0 Å². The summed E-state index contributed by atoms with van der Waals surface area (Å²) in [4.78, 5) is 45.9. The van der Waals surface area contributed by atoms with E-state index in [1.807, 2.05) is 18.2 Å². The molecular weight excluding hydrogens is 388 g/mol. The van der Waals surface area contributed by atoms with Gasteiger partial charge in [-0.1, -0.05) is 25.0 Å². The number of carbonyl (C=O) groups excluding carboxylic acids is 3. The highest BCUT2D eigenvalue weighted by molar-refractivity contribution is 7.18. The molecule has 0 atom stereocenters. The predicted octanol–water partition coefficient (Wildman–Crippen LogP) is 1.75. The van der Waals surface area contributed by atoms with E-state index in [2.05, 4.69) is 6.07 Å². The lowest BCUT2D eigenvalue weighted by atomic mass is 9.98. The van der Waals surface area contributed by atoms with Gasteiger partial charge in [0.15, 0.2) is 6.67 Å². The summed E-state index contributed by atoms with van der Waals surface area (Å²) in [7, 11) is 0. The van der Waals surface area contributed by atoms with Gasteiger partial charge in [-0.2, -0.15) is 0 Å². The van der Waals surface area contributed by atoms with Crippen LogP contribution < -0.4 is 4.90 Å². The van der Waals surface area contributed by atoms with Crippen LogP contribution in [-0.2, 0) is 9.59 Å². The van der Waals surface area contributed by atoms with Gasteiger partial charge in [0.2, 0.25) is 0 Å². The number of nitrogens with one attached hydrogen (secondary N) is 1. The van der Waals surface area contributed by atoms with Crippen LogP contribution in [0.2, 0.25) is 0 Å². The van der Waals surface area contributed by atoms with Crippen LogP contribution in [0.15, 0.2) is 24.3 Å². The predicted molar refractivity (Wildman–Crippen MR) is 109 cm³/mol. The Labute approximate surface area is 173 Å². The van der Waals surface area contributed by atoms with Gasteiger partial charge < -0.3 is 4.90 Å². The van der Waals surface area contributed by atoms with Crippen molar-refractivity contribution in [2.45, 2.75) is 50.5 Å². The van der Waals surface area contributed by atoms with Crippen LogP contribution in [0.25, 0.3) is 10.2 Å². The lowest BCUT2D eigenvalue weighted by Crippen LogP contribution is -3.14. The number of hydrogen-bond acceptors (Lipinski definition) is 5. The first-order valence-corrected chi connectivity index (χ1v) is 11.3. The number of likely N-dealkylation sites (tertiary alicyclic amines) is 1. The zero-order valence-electron chi connectivity index (χ0n) is 16.3. The second-order valence-corrected chi connectivity index (χ2v) is 9.39. The maximum absolute atomic E-state index is 12.8. The second-order valence-electron chi connectivity index (χ2n) is 8.33. The number of carbonyl (C=O) groups is 3. The van der Waals surface area contributed by atoms with Crippen LogP contribution in [0, 0.1) is 0 Å². The lowest BCUT2D eigenvalue weighted by molar-refractivity contribution is -0.912. The highest BCUT2D eigenvalue weighted by Gasteiger charge is 2.49. The molecule has 152 valence electrons. The first-order valence-electron chi connectivity index (χ1n) is 10.5. The molecule has 2 aromatic rings. The zero-order chi connectivity index (χ0) is 20.0. The van der Waals surface area contributed by atoms with Crippen molar-refractivity contribution in [3.63, 3.8) is 0 Å². The van der Waals surface area contributed by atoms with Crippen LogP contribution in [0.3, 0.4) is 0 Å². The fourth-order valence-electron chi connectivity index (χ4n) is 4.87. The van der Waals surface area contributed by atoms with E-state index >= 15 is 0 Å². The number of aromatic nitrogens is 1. The first kappa shape index (κ1) is 18.7. The monoisotopic (exact) mass is 413 g/mol. The van der Waals surface area contributed by atoms with Gasteiger partial charge in [-0.15, -0.1) is 11.3 Å². The normalized spacial score (nSPS) is 26.3. The maximum atomic E-state index is 12.8. The van der Waals surface area contributed by atoms with Gasteiger partial charge in [0.05, 0.1) is 28.3 Å². The van der Waals surface area contributed by atoms with E-state index in [0.717, 1.165) is 57.1 Å². The van der Waals surface area contributed by atoms with Crippen molar-refractivity contribution in [2.24, 2.45) is 0 Å². The number of rotatable bonds is 4. The van der Waals surface area contributed by atoms with E-state index in [0.29, 0.717) is 12.6 Å². The van der Waals surface area contributed by atoms with Crippen molar-refractivity contribution in [3.05, 3.63) is 29.3 Å². The molecule has 7 nitrogen and oxygen atoms in total. The Morgan fingerprint density at radius 3 is 2.45 bits per heavy atom. The Balaban J connectivity index is 1.22. The van der Waals surface area contributed by atoms with Gasteiger partial charge in [-0.25, -0.2) is 14.7 Å². The number of imide groups is 2. The largest absolute Gasteiger partial charge is 0.338 e. The van der Waals surface area contributed by atoms with Crippen molar-refractivity contribution < 1.29 is 19.3 Å². The maximum Gasteiger partial charge on any atom is 0.338 e. The van der Waals surface area contributed by atoms with Crippen LogP contribution in [0.1, 0.15) is 49.5 Å². The fraction of sp³-hybridized carbons (Fsp3) is 0.524. The van der Waals surface area contributed by atoms with Crippen molar-refractivity contribution in [1.29, 1.82) is 0 Å². The third kappa shape index (κ3) is 3.34. The molecule has 2 saturated heterocycles. The van der Waals surface area contributed by atoms with Crippen molar-refractivity contribution in [2.75, 3.05) is 19.8 Å². The van der Waals surface area contributed by atoms with E-state index < -0.39 is 17.8 Å². The summed E-state index contributed by atoms with van der Waals surface area (Å²) >= 11 is 1.76. The number of nitrogens with zero attached hydrogens (tertiary/aromatic N) is 3. The summed E-state index contributed by atoms with van der Waals surface area (Å²) in [6.07, 6.45) is 5.62. The fourth-order valence-corrected chi connectivity index (χ4v) is 6.00. The number of amides is 4. The van der Waals surface area contributed by atoms with Crippen LogP contribution in [-0.4, -0.2) is 58.4 Å². The Kier molecular flexibility index (Phi) is 4.83. The van der Waals surface area contributed by atoms with Crippen molar-refractivity contribution in [1.82, 2.24) is 14.8 Å². The molecule has 1 aliphatic carbocycles. The SMILES string of the molecule is O=C1C(=O)N(C2CCCC2)C(=O)N1C[NH+]1CCC(c2nc3ccccc3s2)CC1. The number of fused-ring (bicyclic) bond motifs is 1. The van der Waals surface area contributed by atoms with Crippen LogP contribution in [0.5, 0.6) is 0 Å². The Bertz CT molecular complexity index is 927. The molecule has 0 radical (unpaired) electrons. The molecule has 0 unspecified atom stereocenters. The first-order chi connectivity index (χ1) is 14.1. The summed E-state index contributed by atoms with van der Waals surface area (Å²) in [6, 6.07) is 7.70. The standard InChI is InChI=1S/C21H24N4O3S/c26-19-20(27)25(15-5-1-2-6-15)21(28)24(19)13-23-11-9-14(10-12-23)18-22-16-7-3-4-8-17(16)29-18/h3-4,7-8,14-15H,1-2,5-6,9-13H2/p+1. The zero-order valence-corrected chi connectivity index (χ0v) is 17.1. The van der Waals surface area contributed by atoms with Gasteiger partial charge in [-0.05, 0) is 25.0 Å². The molecule has 1 aromatic heterocycles. The summed E-state index contributed by atoms with van der Waals surface area (Å²) in [5, 5.41) is 1.18. The molecule has 1 aromatic carbocycles. The van der Waals surface area contributed by atoms with E-state index in [-0.39, 0.29) is 6.04 Å². The Morgan fingerprint density at radius 1 is 1.00 bits per heavy atom. The summed E-state index contributed by atoms with van der Waals surface area (Å²) in [5.74, 6) is -0.855. The number of urea groups is 1. The van der Waals surface area contributed by atoms with E-state index in [9.17, 15) is 14.4 Å². The minimum atomic E-state index is -0.650. The van der Waals surface area contributed by atoms with Crippen molar-refractivity contribution in [3.8, 4) is 0 Å². The second kappa shape index (κ2) is 7.50. The van der Waals surface area contributed by atoms with E-state index in [1.165, 1.54) is 24.4 Å². The Morgan fingerprint density at radius 2 is 1.72 bits per heavy atom. The Hall–Kier alpha value is -2.32. The molecular formula is C21H25N4O3S+. The smallest absolute Gasteiger partial charge is 0.317 e. The molecule has 1 saturated carbocycles. The molecule has 1 N–H and O–H groups in total. The third-order valence-corrected chi connectivity index (χ3v) is 7.71. The molecule has 0 spiro atoms. The lowest BCUT2D eigenvalue weighted by Gasteiger charge is -2.30. The van der Waals surface area contributed by atoms with Crippen molar-refractivity contribution >= 4 is 39.4 Å². The van der Waals surface area contributed by atoms with Crippen LogP contribution in [0.4, 0.5) is 4.79 Å².